The third-order valence-corrected chi connectivity index (χ3v) is 4.42. The molecular weight excluding hydrogens is 401 g/mol. The zero-order valence-electron chi connectivity index (χ0n) is 15.5. The molecule has 0 atom stereocenters. The van der Waals surface area contributed by atoms with Gasteiger partial charge in [-0.1, -0.05) is 45.4 Å². The molecule has 1 saturated heterocycles. The molecule has 0 unspecified atom stereocenters. The highest BCUT2D eigenvalue weighted by atomic mass is 127. The van der Waals surface area contributed by atoms with E-state index in [1.54, 1.807) is 0 Å². The molecule has 23 heavy (non-hydrogen) atoms. The van der Waals surface area contributed by atoms with Crippen LogP contribution in [0.25, 0.3) is 0 Å². The van der Waals surface area contributed by atoms with Crippen molar-refractivity contribution in [3.8, 4) is 0 Å². The number of aliphatic imine (C=N–C) groups is 1. The molecule has 0 radical (unpaired) electrons. The molecule has 0 aromatic heterocycles. The third kappa shape index (κ3) is 10.4. The highest BCUT2D eigenvalue weighted by molar-refractivity contribution is 14.0. The molecule has 1 aliphatic heterocycles. The Morgan fingerprint density at radius 2 is 1.65 bits per heavy atom. The summed E-state index contributed by atoms with van der Waals surface area (Å²) in [6.07, 6.45) is 12.2. The molecule has 0 aromatic rings. The monoisotopic (exact) mass is 439 g/mol. The minimum Gasteiger partial charge on any atom is -0.378 e. The number of nitrogens with one attached hydrogen (secondary N) is 1. The van der Waals surface area contributed by atoms with E-state index >= 15 is 0 Å². The number of guanidine groups is 1. The number of hydrogen-bond acceptors (Lipinski definition) is 2. The van der Waals surface area contributed by atoms with Crippen LogP contribution in [0.15, 0.2) is 4.99 Å². The van der Waals surface area contributed by atoms with Crippen LogP contribution in [0.5, 0.6) is 0 Å². The molecule has 0 aromatic carbocycles. The Morgan fingerprint density at radius 1 is 1.04 bits per heavy atom. The highest BCUT2D eigenvalue weighted by Gasteiger charge is 2.21. The summed E-state index contributed by atoms with van der Waals surface area (Å²) < 4.78 is 5.71. The van der Waals surface area contributed by atoms with E-state index in [0.717, 1.165) is 45.0 Å². The molecule has 138 valence electrons. The maximum absolute atomic E-state index is 5.71. The zero-order chi connectivity index (χ0) is 16.0. The third-order valence-electron chi connectivity index (χ3n) is 4.42. The molecule has 0 amide bonds. The van der Waals surface area contributed by atoms with Crippen molar-refractivity contribution in [3.05, 3.63) is 0 Å². The van der Waals surface area contributed by atoms with Gasteiger partial charge in [0, 0.05) is 33.3 Å². The number of halogens is 1. The topological polar surface area (TPSA) is 36.9 Å². The summed E-state index contributed by atoms with van der Waals surface area (Å²) in [6, 6.07) is 0. The Labute approximate surface area is 160 Å². The van der Waals surface area contributed by atoms with Crippen LogP contribution in [0.2, 0.25) is 0 Å². The van der Waals surface area contributed by atoms with Gasteiger partial charge in [-0.25, -0.2) is 0 Å². The van der Waals surface area contributed by atoms with E-state index in [1.165, 1.54) is 44.9 Å². The second-order valence-electron chi connectivity index (χ2n) is 6.24. The summed E-state index contributed by atoms with van der Waals surface area (Å²) in [5.74, 6) is 1.07. The zero-order valence-corrected chi connectivity index (χ0v) is 17.8. The van der Waals surface area contributed by atoms with Crippen molar-refractivity contribution >= 4 is 29.9 Å². The van der Waals surface area contributed by atoms with Gasteiger partial charge in [-0.15, -0.1) is 24.0 Å². The number of rotatable bonds is 10. The van der Waals surface area contributed by atoms with Gasteiger partial charge in [0.15, 0.2) is 5.96 Å². The van der Waals surface area contributed by atoms with E-state index in [4.69, 9.17) is 4.74 Å². The first-order valence-corrected chi connectivity index (χ1v) is 9.39. The fraction of sp³-hybridized carbons (Fsp3) is 0.944. The fourth-order valence-electron chi connectivity index (χ4n) is 3.08. The van der Waals surface area contributed by atoms with E-state index in [0.29, 0.717) is 6.10 Å². The molecule has 1 heterocycles. The molecule has 1 fully saturated rings. The second kappa shape index (κ2) is 15.5. The SMILES string of the molecule is CCCCCCCCCNC(=NC)N1CCC(OCC)CC1.I. The number of hydrogen-bond donors (Lipinski definition) is 1. The summed E-state index contributed by atoms with van der Waals surface area (Å²) in [4.78, 5) is 6.80. The summed E-state index contributed by atoms with van der Waals surface area (Å²) in [5, 5.41) is 3.52. The fourth-order valence-corrected chi connectivity index (χ4v) is 3.08. The Hall–Kier alpha value is -0.0400. The van der Waals surface area contributed by atoms with Crippen molar-refractivity contribution in [2.45, 2.75) is 77.7 Å². The Bertz CT molecular complexity index is 292. The van der Waals surface area contributed by atoms with E-state index in [-0.39, 0.29) is 24.0 Å². The normalized spacial score (nSPS) is 16.3. The maximum Gasteiger partial charge on any atom is 0.193 e. The van der Waals surface area contributed by atoms with Crippen molar-refractivity contribution in [1.29, 1.82) is 0 Å². The van der Waals surface area contributed by atoms with Gasteiger partial charge < -0.3 is 15.0 Å². The van der Waals surface area contributed by atoms with Crippen LogP contribution in [-0.2, 0) is 4.74 Å². The molecule has 0 saturated carbocycles. The largest absolute Gasteiger partial charge is 0.378 e. The maximum atomic E-state index is 5.71. The van der Waals surface area contributed by atoms with Crippen molar-refractivity contribution < 1.29 is 4.74 Å². The van der Waals surface area contributed by atoms with E-state index in [1.807, 2.05) is 7.05 Å². The van der Waals surface area contributed by atoms with Crippen LogP contribution >= 0.6 is 24.0 Å². The number of unbranched alkanes of at least 4 members (excludes halogenated alkanes) is 6. The summed E-state index contributed by atoms with van der Waals surface area (Å²) in [5.41, 5.74) is 0. The Morgan fingerprint density at radius 3 is 2.22 bits per heavy atom. The van der Waals surface area contributed by atoms with Gasteiger partial charge in [-0.2, -0.15) is 0 Å². The molecule has 5 heteroatoms. The van der Waals surface area contributed by atoms with Gasteiger partial charge in [0.05, 0.1) is 6.10 Å². The van der Waals surface area contributed by atoms with Crippen LogP contribution in [0.1, 0.15) is 71.6 Å². The van der Waals surface area contributed by atoms with E-state index < -0.39 is 0 Å². The Balaban J connectivity index is 0.00000484. The van der Waals surface area contributed by atoms with Gasteiger partial charge in [0.2, 0.25) is 0 Å². The first-order chi connectivity index (χ1) is 10.8. The van der Waals surface area contributed by atoms with Crippen molar-refractivity contribution in [3.63, 3.8) is 0 Å². The quantitative estimate of drug-likeness (QED) is 0.237. The smallest absolute Gasteiger partial charge is 0.193 e. The first-order valence-electron chi connectivity index (χ1n) is 9.39. The van der Waals surface area contributed by atoms with E-state index in [9.17, 15) is 0 Å². The summed E-state index contributed by atoms with van der Waals surface area (Å²) in [7, 11) is 1.89. The first kappa shape index (κ1) is 23.0. The lowest BCUT2D eigenvalue weighted by molar-refractivity contribution is 0.0264. The molecule has 1 rings (SSSR count). The predicted molar refractivity (Wildman–Crippen MR) is 111 cm³/mol. The minimum atomic E-state index is 0. The Kier molecular flexibility index (Phi) is 15.5. The van der Waals surface area contributed by atoms with Crippen LogP contribution in [0, 0.1) is 0 Å². The second-order valence-corrected chi connectivity index (χ2v) is 6.24. The van der Waals surface area contributed by atoms with Crippen LogP contribution in [-0.4, -0.2) is 50.3 Å². The predicted octanol–water partition coefficient (Wildman–Crippen LogP) is 4.43. The van der Waals surface area contributed by atoms with Gasteiger partial charge in [0.1, 0.15) is 0 Å². The lowest BCUT2D eigenvalue weighted by Crippen LogP contribution is -2.47. The molecule has 1 N–H and O–H groups in total. The lowest BCUT2D eigenvalue weighted by atomic mass is 10.1. The molecular formula is C18H38IN3O. The van der Waals surface area contributed by atoms with Gasteiger partial charge in [0.25, 0.3) is 0 Å². The standard InChI is InChI=1S/C18H37N3O.HI/c1-4-6-7-8-9-10-11-14-20-18(19-3)21-15-12-17(13-16-21)22-5-2;/h17H,4-16H2,1-3H3,(H,19,20);1H. The highest BCUT2D eigenvalue weighted by Crippen LogP contribution is 2.13. The molecule has 0 aliphatic carbocycles. The van der Waals surface area contributed by atoms with Crippen molar-refractivity contribution in [2.24, 2.45) is 4.99 Å². The van der Waals surface area contributed by atoms with Crippen LogP contribution in [0.4, 0.5) is 0 Å². The number of nitrogens with zero attached hydrogens (tertiary/aromatic N) is 2. The van der Waals surface area contributed by atoms with Gasteiger partial charge in [-0.05, 0) is 26.2 Å². The average Bonchev–Trinajstić information content (AvgIpc) is 2.55. The molecule has 4 nitrogen and oxygen atoms in total. The number of ether oxygens (including phenoxy) is 1. The minimum absolute atomic E-state index is 0. The average molecular weight is 439 g/mol. The van der Waals surface area contributed by atoms with E-state index in [2.05, 4.69) is 29.1 Å². The van der Waals surface area contributed by atoms with Crippen molar-refractivity contribution in [2.75, 3.05) is 33.3 Å². The summed E-state index contributed by atoms with van der Waals surface area (Å²) >= 11 is 0. The van der Waals surface area contributed by atoms with Crippen LogP contribution in [0.3, 0.4) is 0 Å². The number of likely N-dealkylation sites (tertiary alicyclic amines) is 1. The molecule has 0 spiro atoms. The number of piperidine rings is 1. The molecule has 0 bridgehead atoms. The lowest BCUT2D eigenvalue weighted by Gasteiger charge is -2.34. The van der Waals surface area contributed by atoms with Crippen molar-refractivity contribution in [1.82, 2.24) is 10.2 Å². The summed E-state index contributed by atoms with van der Waals surface area (Å²) in [6.45, 7) is 8.34. The van der Waals surface area contributed by atoms with Crippen LogP contribution < -0.4 is 5.32 Å². The van der Waals surface area contributed by atoms with Gasteiger partial charge in [-0.3, -0.25) is 4.99 Å². The molecule has 1 aliphatic rings. The van der Waals surface area contributed by atoms with Gasteiger partial charge >= 0.3 is 0 Å².